The first kappa shape index (κ1) is 72.1. The van der Waals surface area contributed by atoms with Crippen LogP contribution < -0.4 is 9.78 Å². The molecule has 2 N–H and O–H groups in total. The number of aliphatic hydroxyl groups excluding tert-OH is 2. The Morgan fingerprint density at radius 1 is 0.512 bits per heavy atom. The van der Waals surface area contributed by atoms with Gasteiger partial charge in [-0.2, -0.15) is 22.3 Å². The van der Waals surface area contributed by atoms with Gasteiger partial charge < -0.3 is 25.3 Å². The molecule has 0 aliphatic heterocycles. The van der Waals surface area contributed by atoms with Gasteiger partial charge in [-0.25, -0.2) is 0 Å². The number of aromatic nitrogens is 8. The molecular weight excluding hydrogens is 1500 g/mol. The van der Waals surface area contributed by atoms with Gasteiger partial charge in [0.15, 0.2) is 6.20 Å². The summed E-state index contributed by atoms with van der Waals surface area (Å²) < 4.78 is 133. The Hall–Kier alpha value is -8.11. The Balaban J connectivity index is 0.000000270. The molecule has 0 saturated carbocycles. The molecule has 0 aliphatic rings. The van der Waals surface area contributed by atoms with E-state index in [2.05, 4.69) is 55.6 Å². The van der Waals surface area contributed by atoms with Gasteiger partial charge in [-0.15, -0.1) is 66.9 Å². The summed E-state index contributed by atoms with van der Waals surface area (Å²) in [6.45, 7) is 10.7. The normalized spacial score (nSPS) is 10.5. The number of benzene rings is 5. The fourth-order valence-corrected chi connectivity index (χ4v) is 6.42. The predicted molar refractivity (Wildman–Crippen MR) is 287 cm³/mol. The topological polar surface area (TPSA) is 154 Å². The first-order valence-electron chi connectivity index (χ1n) is 24.8. The third-order valence-corrected chi connectivity index (χ3v) is 10.9. The Morgan fingerprint density at radius 2 is 0.884 bits per heavy atom. The number of hydrogen-bond acceptors (Lipinski definition) is 8. The van der Waals surface area contributed by atoms with Crippen molar-refractivity contribution in [2.24, 2.45) is 10.8 Å². The van der Waals surface area contributed by atoms with Gasteiger partial charge in [0.25, 0.3) is 0 Å². The molecule has 24 heteroatoms. The third-order valence-electron chi connectivity index (χ3n) is 10.9. The maximum Gasteiger partial charge on any atom is 0.161 e. The van der Waals surface area contributed by atoms with Crippen molar-refractivity contribution in [2.75, 3.05) is 0 Å². The maximum atomic E-state index is 13.4. The summed E-state index contributed by atoms with van der Waals surface area (Å²) in [6, 6.07) is 32.8. The molecule has 0 spiro atoms. The summed E-state index contributed by atoms with van der Waals surface area (Å²) >= 11 is 0. The van der Waals surface area contributed by atoms with Crippen LogP contribution in [0.3, 0.4) is 0 Å². The number of hydrogen-bond donors (Lipinski definition) is 2. The number of Topliss-reactive ketones (excluding diaryl/α,β-unsaturated/α-hetero) is 2. The second-order valence-corrected chi connectivity index (χ2v) is 19.4. The molecule has 0 fully saturated rings. The Labute approximate surface area is 516 Å². The van der Waals surface area contributed by atoms with Crippen LogP contribution in [0.1, 0.15) is 59.1 Å². The number of halogens is 10. The van der Waals surface area contributed by atoms with Crippen LogP contribution in [0.25, 0.3) is 39.6 Å². The van der Waals surface area contributed by atoms with Gasteiger partial charge in [0.2, 0.25) is 0 Å². The molecule has 0 aliphatic carbocycles. The molecule has 5 aromatic carbocycles. The van der Waals surface area contributed by atoms with Crippen molar-refractivity contribution in [3.63, 3.8) is 0 Å². The summed E-state index contributed by atoms with van der Waals surface area (Å²) in [6.07, 6.45) is 12.2. The van der Waals surface area contributed by atoms with Crippen molar-refractivity contribution in [2.45, 2.75) is 61.2 Å². The van der Waals surface area contributed by atoms with Gasteiger partial charge in [-0.3, -0.25) is 67.5 Å². The van der Waals surface area contributed by atoms with Gasteiger partial charge in [0.05, 0.1) is 25.5 Å². The van der Waals surface area contributed by atoms with Gasteiger partial charge in [0.1, 0.15) is 17.3 Å². The molecule has 10 aromatic rings. The van der Waals surface area contributed by atoms with Crippen LogP contribution >= 0.6 is 0 Å². The molecule has 0 amide bonds. The van der Waals surface area contributed by atoms with Gasteiger partial charge >= 0.3 is 0 Å². The summed E-state index contributed by atoms with van der Waals surface area (Å²) in [4.78, 5) is 30.9. The van der Waals surface area contributed by atoms with E-state index in [-0.39, 0.29) is 99.6 Å². The van der Waals surface area contributed by atoms with E-state index >= 15 is 0 Å². The summed E-state index contributed by atoms with van der Waals surface area (Å²) in [5.74, 6) is -6.73. The molecule has 456 valence electrons. The number of rotatable bonds is 9. The van der Waals surface area contributed by atoms with E-state index in [1.807, 2.05) is 41.5 Å². The molecule has 5 heterocycles. The second-order valence-electron chi connectivity index (χ2n) is 19.4. The molecule has 0 saturated heterocycles. The SMILES string of the molecule is CC(C)(C)C(=O)CC(=O)C(C)(C)C.Fc1c[c-]c(-[n+]2ccc[n-]2)c(F)c1.Fc1c[c-]c(-n2cccn2)c(F)c1.Fc1c[c-]c(-n2cccn2)c(F)c1.OCc1ccnc(-c2[c-]cc(F)cc2F)c1.OCc1ccnc(-c2[c-]cc(F)cc2F)c1.[Ir].[Ir]. The molecule has 86 heavy (non-hydrogen) atoms. The van der Waals surface area contributed by atoms with E-state index < -0.39 is 69.0 Å². The number of aliphatic hydroxyl groups is 2. The average Bonchev–Trinajstić information content (AvgIpc) is 4.33. The van der Waals surface area contributed by atoms with Crippen molar-refractivity contribution in [3.8, 4) is 39.6 Å². The quantitative estimate of drug-likeness (QED) is 0.0622. The van der Waals surface area contributed by atoms with Crippen LogP contribution in [0.5, 0.6) is 0 Å². The molecule has 5 aromatic heterocycles. The molecule has 12 nitrogen and oxygen atoms in total. The second kappa shape index (κ2) is 34.1. The Morgan fingerprint density at radius 3 is 1.20 bits per heavy atom. The van der Waals surface area contributed by atoms with Crippen molar-refractivity contribution >= 4 is 11.6 Å². The number of carbonyl (C=O) groups is 2. The first-order valence-corrected chi connectivity index (χ1v) is 24.8. The standard InChI is InChI=1S/2C12H8F2NO.C11H20O2.3C9H5F2N2.2Ir/c2*13-9-1-2-10(11(14)6-9)12-5-8(7-16)3-4-15-12;1-10(2,3)8(12)7-9(13)11(4,5)6;3*10-7-2-3-9(8(11)6-7)13-5-1-4-12-13;;/h2*1,3-6,16H,7H2;7H2,1-6H3;3*1-2,4-6H;;/q2*-1;;3*-1;;. The van der Waals surface area contributed by atoms with E-state index in [9.17, 15) is 53.5 Å². The molecule has 0 unspecified atom stereocenters. The van der Waals surface area contributed by atoms with Gasteiger partial charge in [0, 0.05) is 141 Å². The zero-order chi connectivity index (χ0) is 61.7. The van der Waals surface area contributed by atoms with Crippen LogP contribution in [0.15, 0.2) is 153 Å². The fourth-order valence-electron chi connectivity index (χ4n) is 6.42. The van der Waals surface area contributed by atoms with E-state index in [1.54, 1.807) is 48.9 Å². The van der Waals surface area contributed by atoms with Crippen LogP contribution in [0.4, 0.5) is 43.9 Å². The minimum atomic E-state index is -0.720. The van der Waals surface area contributed by atoms with Crippen molar-refractivity contribution in [3.05, 3.63) is 252 Å². The van der Waals surface area contributed by atoms with E-state index in [0.717, 1.165) is 60.7 Å². The summed E-state index contributed by atoms with van der Waals surface area (Å²) in [5, 5.41) is 29.3. The number of carbonyl (C=O) groups excluding carboxylic acids is 2. The van der Waals surface area contributed by atoms with Crippen molar-refractivity contribution in [1.82, 2.24) is 34.6 Å². The van der Waals surface area contributed by atoms with Crippen LogP contribution in [-0.2, 0) is 63.0 Å². The van der Waals surface area contributed by atoms with Crippen LogP contribution in [-0.4, -0.2) is 51.3 Å². The van der Waals surface area contributed by atoms with Crippen LogP contribution in [0, 0.1) is 99.3 Å². The van der Waals surface area contributed by atoms with Crippen molar-refractivity contribution < 1.29 is 109 Å². The zero-order valence-corrected chi connectivity index (χ0v) is 51.1. The molecule has 0 bridgehead atoms. The largest absolute Gasteiger partial charge is 0.414 e. The van der Waals surface area contributed by atoms with Crippen molar-refractivity contribution in [1.29, 1.82) is 0 Å². The van der Waals surface area contributed by atoms with Gasteiger partial charge in [-0.05, 0) is 64.2 Å². The Bertz CT molecular complexity index is 3420. The van der Waals surface area contributed by atoms with Crippen LogP contribution in [0.2, 0.25) is 0 Å². The van der Waals surface area contributed by atoms with E-state index in [0.29, 0.717) is 22.5 Å². The minimum absolute atomic E-state index is 0. The monoisotopic (exact) mass is 1550 g/mol. The number of nitrogens with zero attached hydrogens (tertiary/aromatic N) is 8. The number of ketones is 2. The number of pyridine rings is 2. The summed E-state index contributed by atoms with van der Waals surface area (Å²) in [7, 11) is 0. The molecular formula is C62H51F10Ir2N8O4-5. The van der Waals surface area contributed by atoms with E-state index in [4.69, 9.17) is 10.2 Å². The predicted octanol–water partition coefficient (Wildman–Crippen LogP) is 12.1. The molecule has 10 rings (SSSR count). The Kier molecular flexibility index (Phi) is 28.6. The zero-order valence-electron chi connectivity index (χ0n) is 46.3. The van der Waals surface area contributed by atoms with E-state index in [1.165, 1.54) is 57.2 Å². The fraction of sp³-hybridized carbons (Fsp3) is 0.177. The van der Waals surface area contributed by atoms with Gasteiger partial charge in [-0.1, -0.05) is 83.0 Å². The summed E-state index contributed by atoms with van der Waals surface area (Å²) in [5.41, 5.74) is 1.61. The molecule has 2 radical (unpaired) electrons. The maximum absolute atomic E-state index is 13.4. The first-order chi connectivity index (χ1) is 39.8. The molecule has 0 atom stereocenters. The third kappa shape index (κ3) is 22.4. The minimum Gasteiger partial charge on any atom is -0.414 e. The smallest absolute Gasteiger partial charge is 0.161 e. The average molecular weight is 1550 g/mol.